The zero-order chi connectivity index (χ0) is 17.1. The van der Waals surface area contributed by atoms with Gasteiger partial charge in [-0.15, -0.1) is 16.4 Å². The molecule has 0 aliphatic heterocycles. The van der Waals surface area contributed by atoms with E-state index in [1.54, 1.807) is 11.3 Å². The summed E-state index contributed by atoms with van der Waals surface area (Å²) in [4.78, 5) is 10.3. The van der Waals surface area contributed by atoms with Crippen molar-refractivity contribution in [3.8, 4) is 11.4 Å². The van der Waals surface area contributed by atoms with E-state index in [2.05, 4.69) is 36.8 Å². The van der Waals surface area contributed by atoms with E-state index in [-0.39, 0.29) is 5.25 Å². The van der Waals surface area contributed by atoms with Gasteiger partial charge in [0.1, 0.15) is 5.82 Å². The Morgan fingerprint density at radius 1 is 1.16 bits per heavy atom. The van der Waals surface area contributed by atoms with Gasteiger partial charge in [-0.05, 0) is 18.4 Å². The maximum absolute atomic E-state index is 5.40. The van der Waals surface area contributed by atoms with Gasteiger partial charge in [-0.2, -0.15) is 4.98 Å². The summed E-state index contributed by atoms with van der Waals surface area (Å²) in [6.45, 7) is 2.00. The number of hydrogen-bond acceptors (Lipinski definition) is 7. The molecule has 4 aromatic rings. The lowest BCUT2D eigenvalue weighted by Gasteiger charge is -2.01. The summed E-state index contributed by atoms with van der Waals surface area (Å²) in [5.74, 6) is 2.01. The van der Waals surface area contributed by atoms with E-state index < -0.39 is 0 Å². The van der Waals surface area contributed by atoms with Crippen LogP contribution in [0.5, 0.6) is 0 Å². The largest absolute Gasteiger partial charge is 0.338 e. The Bertz CT molecular complexity index is 933. The van der Waals surface area contributed by atoms with Crippen LogP contribution < -0.4 is 0 Å². The topological polar surface area (TPSA) is 80.5 Å². The summed E-state index contributed by atoms with van der Waals surface area (Å²) in [5.41, 5.74) is 0.936. The minimum atomic E-state index is -0.0321. The van der Waals surface area contributed by atoms with Crippen LogP contribution in [-0.4, -0.2) is 25.3 Å². The SMILES string of the molecule is CC(Sc1n[nH]c(Cc2cccs2)n1)c1nc(-c2ccccc2)no1. The van der Waals surface area contributed by atoms with E-state index in [4.69, 9.17) is 4.52 Å². The molecule has 0 radical (unpaired) electrons. The first-order valence-corrected chi connectivity index (χ1v) is 9.53. The molecule has 0 aliphatic carbocycles. The van der Waals surface area contributed by atoms with Gasteiger partial charge in [-0.1, -0.05) is 53.3 Å². The Morgan fingerprint density at radius 2 is 2.04 bits per heavy atom. The van der Waals surface area contributed by atoms with E-state index in [0.717, 1.165) is 17.8 Å². The number of hydrogen-bond donors (Lipinski definition) is 1. The fourth-order valence-corrected chi connectivity index (χ4v) is 3.78. The van der Waals surface area contributed by atoms with E-state index in [0.29, 0.717) is 16.9 Å². The quantitative estimate of drug-likeness (QED) is 0.509. The molecule has 1 unspecified atom stereocenters. The van der Waals surface area contributed by atoms with Crippen LogP contribution in [0, 0.1) is 0 Å². The highest BCUT2D eigenvalue weighted by molar-refractivity contribution is 7.99. The Morgan fingerprint density at radius 3 is 2.84 bits per heavy atom. The molecule has 6 nitrogen and oxygen atoms in total. The van der Waals surface area contributed by atoms with Crippen molar-refractivity contribution in [1.82, 2.24) is 25.3 Å². The van der Waals surface area contributed by atoms with Crippen LogP contribution in [0.3, 0.4) is 0 Å². The predicted octanol–water partition coefficient (Wildman–Crippen LogP) is 4.36. The fraction of sp³-hybridized carbons (Fsp3) is 0.176. The third kappa shape index (κ3) is 3.80. The monoisotopic (exact) mass is 369 g/mol. The highest BCUT2D eigenvalue weighted by Crippen LogP contribution is 2.32. The molecule has 0 amide bonds. The van der Waals surface area contributed by atoms with Gasteiger partial charge in [-0.3, -0.25) is 5.10 Å². The number of thiophene rings is 1. The fourth-order valence-electron chi connectivity index (χ4n) is 2.30. The molecule has 4 rings (SSSR count). The first-order chi connectivity index (χ1) is 12.3. The van der Waals surface area contributed by atoms with Crippen molar-refractivity contribution >= 4 is 23.1 Å². The van der Waals surface area contributed by atoms with Crippen LogP contribution in [0.25, 0.3) is 11.4 Å². The molecule has 1 aromatic carbocycles. The number of aromatic nitrogens is 5. The summed E-state index contributed by atoms with van der Waals surface area (Å²) >= 11 is 3.20. The lowest BCUT2D eigenvalue weighted by Crippen LogP contribution is -1.90. The minimum Gasteiger partial charge on any atom is -0.338 e. The highest BCUT2D eigenvalue weighted by atomic mass is 32.2. The molecule has 8 heteroatoms. The predicted molar refractivity (Wildman–Crippen MR) is 97.5 cm³/mol. The number of rotatable bonds is 6. The van der Waals surface area contributed by atoms with Gasteiger partial charge in [0, 0.05) is 16.9 Å². The van der Waals surface area contributed by atoms with Gasteiger partial charge in [0.05, 0.1) is 5.25 Å². The van der Waals surface area contributed by atoms with Crippen LogP contribution in [0.15, 0.2) is 57.5 Å². The molecule has 0 bridgehead atoms. The molecule has 3 heterocycles. The van der Waals surface area contributed by atoms with Crippen molar-refractivity contribution in [3.63, 3.8) is 0 Å². The summed E-state index contributed by atoms with van der Waals surface area (Å²) < 4.78 is 5.40. The molecule has 0 aliphatic rings. The van der Waals surface area contributed by atoms with Gasteiger partial charge >= 0.3 is 0 Å². The van der Waals surface area contributed by atoms with E-state index >= 15 is 0 Å². The second-order valence-corrected chi connectivity index (χ2v) is 7.74. The van der Waals surface area contributed by atoms with Crippen LogP contribution in [0.2, 0.25) is 0 Å². The number of benzene rings is 1. The molecular formula is C17H15N5OS2. The van der Waals surface area contributed by atoms with Crippen LogP contribution in [-0.2, 0) is 6.42 Å². The average molecular weight is 369 g/mol. The van der Waals surface area contributed by atoms with Crippen LogP contribution in [0.4, 0.5) is 0 Å². The maximum Gasteiger partial charge on any atom is 0.240 e. The van der Waals surface area contributed by atoms with Gasteiger partial charge in [0.2, 0.25) is 16.9 Å². The second-order valence-electron chi connectivity index (χ2n) is 5.40. The molecule has 1 atom stereocenters. The molecule has 126 valence electrons. The standard InChI is InChI=1S/C17H15N5OS2/c1-11(16-19-15(22-23-16)12-6-3-2-4-7-12)25-17-18-14(20-21-17)10-13-8-5-9-24-13/h2-9,11H,10H2,1H3,(H,18,20,21). The number of nitrogens with zero attached hydrogens (tertiary/aromatic N) is 4. The highest BCUT2D eigenvalue weighted by Gasteiger charge is 2.18. The first-order valence-electron chi connectivity index (χ1n) is 7.77. The minimum absolute atomic E-state index is 0.0321. The molecule has 0 spiro atoms. The molecule has 0 saturated carbocycles. The van der Waals surface area contributed by atoms with E-state index in [1.165, 1.54) is 16.6 Å². The van der Waals surface area contributed by atoms with Crippen molar-refractivity contribution in [3.05, 3.63) is 64.4 Å². The van der Waals surface area contributed by atoms with Crippen molar-refractivity contribution < 1.29 is 4.52 Å². The Balaban J connectivity index is 1.43. The van der Waals surface area contributed by atoms with Crippen molar-refractivity contribution in [2.75, 3.05) is 0 Å². The average Bonchev–Trinajstić information content (AvgIpc) is 3.38. The Labute approximate surface area is 152 Å². The number of aromatic amines is 1. The Kier molecular flexibility index (Phi) is 4.62. The number of nitrogens with one attached hydrogen (secondary N) is 1. The smallest absolute Gasteiger partial charge is 0.240 e. The van der Waals surface area contributed by atoms with E-state index in [9.17, 15) is 0 Å². The van der Waals surface area contributed by atoms with Crippen LogP contribution in [0.1, 0.15) is 28.8 Å². The lowest BCUT2D eigenvalue weighted by molar-refractivity contribution is 0.380. The molecule has 25 heavy (non-hydrogen) atoms. The lowest BCUT2D eigenvalue weighted by atomic mass is 10.2. The summed E-state index contributed by atoms with van der Waals surface area (Å²) in [7, 11) is 0. The van der Waals surface area contributed by atoms with Crippen molar-refractivity contribution in [2.45, 2.75) is 23.8 Å². The van der Waals surface area contributed by atoms with Gasteiger partial charge in [-0.25, -0.2) is 4.98 Å². The van der Waals surface area contributed by atoms with Crippen molar-refractivity contribution in [1.29, 1.82) is 0 Å². The normalized spacial score (nSPS) is 12.4. The Hall–Kier alpha value is -2.45. The maximum atomic E-state index is 5.40. The summed E-state index contributed by atoms with van der Waals surface area (Å²) in [6, 6.07) is 13.9. The number of thioether (sulfide) groups is 1. The molecule has 0 saturated heterocycles. The molecule has 0 fully saturated rings. The molecular weight excluding hydrogens is 354 g/mol. The van der Waals surface area contributed by atoms with Gasteiger partial charge < -0.3 is 4.52 Å². The summed E-state index contributed by atoms with van der Waals surface area (Å²) in [5, 5.41) is 14.0. The third-order valence-electron chi connectivity index (χ3n) is 3.54. The molecule has 1 N–H and O–H groups in total. The first kappa shape index (κ1) is 16.0. The zero-order valence-electron chi connectivity index (χ0n) is 13.4. The zero-order valence-corrected chi connectivity index (χ0v) is 15.0. The van der Waals surface area contributed by atoms with Crippen molar-refractivity contribution in [2.24, 2.45) is 0 Å². The van der Waals surface area contributed by atoms with Gasteiger partial charge in [0.15, 0.2) is 0 Å². The second kappa shape index (κ2) is 7.20. The van der Waals surface area contributed by atoms with Gasteiger partial charge in [0.25, 0.3) is 0 Å². The summed E-state index contributed by atoms with van der Waals surface area (Å²) in [6.07, 6.45) is 0.762. The molecule has 3 aromatic heterocycles. The van der Waals surface area contributed by atoms with E-state index in [1.807, 2.05) is 43.3 Å². The van der Waals surface area contributed by atoms with Crippen LogP contribution >= 0.6 is 23.1 Å². The number of H-pyrrole nitrogens is 1. The third-order valence-corrected chi connectivity index (χ3v) is 5.36.